The normalized spacial score (nSPS) is 15.9. The van der Waals surface area contributed by atoms with E-state index in [4.69, 9.17) is 0 Å². The number of nitrogens with zero attached hydrogens (tertiary/aromatic N) is 2. The molecule has 0 atom stereocenters. The number of rotatable bonds is 5. The maximum absolute atomic E-state index is 12.1. The molecule has 1 aliphatic heterocycles. The van der Waals surface area contributed by atoms with Crippen LogP contribution in [0.4, 0.5) is 23.7 Å². The fourth-order valence-corrected chi connectivity index (χ4v) is 2.35. The Balaban J connectivity index is 1.81. The molecular weight excluding hydrogens is 327 g/mol. The quantitative estimate of drug-likeness (QED) is 0.832. The number of amides is 2. The van der Waals surface area contributed by atoms with Crippen molar-refractivity contribution in [1.82, 2.24) is 9.80 Å². The zero-order valence-electron chi connectivity index (χ0n) is 12.9. The molecule has 2 rings (SSSR count). The molecule has 1 saturated heterocycles. The van der Waals surface area contributed by atoms with Crippen molar-refractivity contribution in [3.8, 4) is 5.75 Å². The molecule has 1 aromatic rings. The van der Waals surface area contributed by atoms with Gasteiger partial charge >= 0.3 is 12.4 Å². The Labute approximate surface area is 137 Å². The predicted molar refractivity (Wildman–Crippen MR) is 80.8 cm³/mol. The molecule has 1 N–H and O–H groups in total. The number of aldehydes is 1. The van der Waals surface area contributed by atoms with Gasteiger partial charge in [0.1, 0.15) is 12.0 Å². The number of anilines is 1. The summed E-state index contributed by atoms with van der Waals surface area (Å²) in [6.07, 6.45) is -3.40. The number of carbonyl (C=O) groups is 2. The average molecular weight is 345 g/mol. The fraction of sp³-hybridized carbons (Fsp3) is 0.467. The second kappa shape index (κ2) is 8.00. The van der Waals surface area contributed by atoms with Crippen LogP contribution in [0.2, 0.25) is 0 Å². The highest BCUT2D eigenvalue weighted by Crippen LogP contribution is 2.24. The zero-order chi connectivity index (χ0) is 17.6. The van der Waals surface area contributed by atoms with Crippen LogP contribution in [-0.2, 0) is 4.79 Å². The van der Waals surface area contributed by atoms with E-state index in [1.54, 1.807) is 4.90 Å². The molecule has 1 heterocycles. The molecule has 9 heteroatoms. The second-order valence-corrected chi connectivity index (χ2v) is 5.29. The molecule has 24 heavy (non-hydrogen) atoms. The number of carbonyl (C=O) groups excluding carboxylic acids is 2. The van der Waals surface area contributed by atoms with Crippen molar-refractivity contribution >= 4 is 18.0 Å². The fourth-order valence-electron chi connectivity index (χ4n) is 2.35. The predicted octanol–water partition coefficient (Wildman–Crippen LogP) is 2.32. The van der Waals surface area contributed by atoms with Gasteiger partial charge in [-0.1, -0.05) is 0 Å². The lowest BCUT2D eigenvalue weighted by atomic mass is 10.3. The first kappa shape index (κ1) is 18.1. The monoisotopic (exact) mass is 345 g/mol. The van der Waals surface area contributed by atoms with Crippen LogP contribution >= 0.6 is 0 Å². The third-order valence-corrected chi connectivity index (χ3v) is 3.56. The first-order chi connectivity index (χ1) is 11.4. The van der Waals surface area contributed by atoms with Crippen molar-refractivity contribution in [2.24, 2.45) is 0 Å². The Kier molecular flexibility index (Phi) is 6.02. The summed E-state index contributed by atoms with van der Waals surface area (Å²) in [7, 11) is 0. The number of alkyl halides is 3. The van der Waals surface area contributed by atoms with Gasteiger partial charge in [0.05, 0.1) is 0 Å². The highest BCUT2D eigenvalue weighted by atomic mass is 19.4. The van der Waals surface area contributed by atoms with Crippen molar-refractivity contribution in [2.45, 2.75) is 12.8 Å². The molecule has 2 amide bonds. The van der Waals surface area contributed by atoms with Crippen molar-refractivity contribution in [3.05, 3.63) is 24.3 Å². The first-order valence-electron chi connectivity index (χ1n) is 7.45. The minimum absolute atomic E-state index is 0.311. The van der Waals surface area contributed by atoms with E-state index in [2.05, 4.69) is 15.0 Å². The van der Waals surface area contributed by atoms with Crippen molar-refractivity contribution in [3.63, 3.8) is 0 Å². The standard InChI is InChI=1S/C15H18F3N3O3/c16-15(17,18)24-13-4-2-12(3-5-13)19-14(23)21-9-7-20(8-10-21)6-1-11-22/h2-5,11H,1,6-10H2,(H,19,23). The highest BCUT2D eigenvalue weighted by Gasteiger charge is 2.31. The van der Waals surface area contributed by atoms with Crippen LogP contribution in [0.15, 0.2) is 24.3 Å². The minimum atomic E-state index is -4.74. The molecule has 1 aromatic carbocycles. The van der Waals surface area contributed by atoms with Crippen LogP contribution < -0.4 is 10.1 Å². The van der Waals surface area contributed by atoms with Gasteiger partial charge < -0.3 is 19.7 Å². The van der Waals surface area contributed by atoms with Crippen LogP contribution in [0.1, 0.15) is 6.42 Å². The number of nitrogens with one attached hydrogen (secondary N) is 1. The van der Waals surface area contributed by atoms with Crippen molar-refractivity contribution in [1.29, 1.82) is 0 Å². The highest BCUT2D eigenvalue weighted by molar-refractivity contribution is 5.89. The Morgan fingerprint density at radius 1 is 1.17 bits per heavy atom. The number of benzene rings is 1. The van der Waals surface area contributed by atoms with Gasteiger partial charge in [-0.05, 0) is 24.3 Å². The molecule has 0 spiro atoms. The molecular formula is C15H18F3N3O3. The number of piperazine rings is 1. The lowest BCUT2D eigenvalue weighted by Gasteiger charge is -2.34. The molecule has 1 aliphatic rings. The maximum Gasteiger partial charge on any atom is 0.573 e. The Bertz CT molecular complexity index is 555. The lowest BCUT2D eigenvalue weighted by Crippen LogP contribution is -2.50. The number of hydrogen-bond donors (Lipinski definition) is 1. The molecule has 0 aromatic heterocycles. The molecule has 0 saturated carbocycles. The smallest absolute Gasteiger partial charge is 0.406 e. The van der Waals surface area contributed by atoms with E-state index in [0.717, 1.165) is 18.4 Å². The van der Waals surface area contributed by atoms with Crippen molar-refractivity contribution < 1.29 is 27.5 Å². The molecule has 0 unspecified atom stereocenters. The summed E-state index contributed by atoms with van der Waals surface area (Å²) < 4.78 is 40.0. The van der Waals surface area contributed by atoms with Gasteiger partial charge in [-0.2, -0.15) is 0 Å². The van der Waals surface area contributed by atoms with Gasteiger partial charge in [-0.25, -0.2) is 4.79 Å². The van der Waals surface area contributed by atoms with E-state index in [0.29, 0.717) is 44.8 Å². The van der Waals surface area contributed by atoms with E-state index < -0.39 is 6.36 Å². The topological polar surface area (TPSA) is 61.9 Å². The first-order valence-corrected chi connectivity index (χ1v) is 7.45. The lowest BCUT2D eigenvalue weighted by molar-refractivity contribution is -0.274. The number of ether oxygens (including phenoxy) is 1. The SMILES string of the molecule is O=CCCN1CCN(C(=O)Nc2ccc(OC(F)(F)F)cc2)CC1. The third-order valence-electron chi connectivity index (χ3n) is 3.56. The van der Waals surface area contributed by atoms with Crippen LogP contribution in [0.3, 0.4) is 0 Å². The largest absolute Gasteiger partial charge is 0.573 e. The van der Waals surface area contributed by atoms with E-state index in [-0.39, 0.29) is 11.8 Å². The van der Waals surface area contributed by atoms with Gasteiger partial charge in [-0.15, -0.1) is 13.2 Å². The molecule has 0 bridgehead atoms. The van der Waals surface area contributed by atoms with E-state index in [9.17, 15) is 22.8 Å². The Morgan fingerprint density at radius 3 is 2.33 bits per heavy atom. The van der Waals surface area contributed by atoms with Gasteiger partial charge in [0.2, 0.25) is 0 Å². The number of urea groups is 1. The van der Waals surface area contributed by atoms with Crippen LogP contribution in [0.5, 0.6) is 5.75 Å². The summed E-state index contributed by atoms with van der Waals surface area (Å²) in [5, 5.41) is 2.64. The Morgan fingerprint density at radius 2 is 1.79 bits per heavy atom. The molecule has 0 radical (unpaired) electrons. The summed E-state index contributed by atoms with van der Waals surface area (Å²) in [6.45, 7) is 3.10. The second-order valence-electron chi connectivity index (χ2n) is 5.29. The van der Waals surface area contributed by atoms with Crippen LogP contribution in [0.25, 0.3) is 0 Å². The average Bonchev–Trinajstić information content (AvgIpc) is 2.54. The number of halogens is 3. The zero-order valence-corrected chi connectivity index (χ0v) is 12.9. The Hall–Kier alpha value is -2.29. The summed E-state index contributed by atoms with van der Waals surface area (Å²) in [6, 6.07) is 4.66. The summed E-state index contributed by atoms with van der Waals surface area (Å²) in [5.74, 6) is -0.343. The van der Waals surface area contributed by atoms with Crippen LogP contribution in [-0.4, -0.2) is 61.2 Å². The van der Waals surface area contributed by atoms with Gasteiger partial charge in [0.15, 0.2) is 0 Å². The van der Waals surface area contributed by atoms with Gasteiger partial charge in [0.25, 0.3) is 0 Å². The van der Waals surface area contributed by atoms with Gasteiger partial charge in [0, 0.05) is 44.8 Å². The molecule has 6 nitrogen and oxygen atoms in total. The summed E-state index contributed by atoms with van der Waals surface area (Å²) in [4.78, 5) is 26.2. The van der Waals surface area contributed by atoms with E-state index >= 15 is 0 Å². The maximum atomic E-state index is 12.1. The van der Waals surface area contributed by atoms with E-state index in [1.165, 1.54) is 12.1 Å². The minimum Gasteiger partial charge on any atom is -0.406 e. The van der Waals surface area contributed by atoms with Crippen molar-refractivity contribution in [2.75, 3.05) is 38.0 Å². The summed E-state index contributed by atoms with van der Waals surface area (Å²) >= 11 is 0. The van der Waals surface area contributed by atoms with E-state index in [1.807, 2.05) is 0 Å². The number of hydrogen-bond acceptors (Lipinski definition) is 4. The molecule has 132 valence electrons. The third kappa shape index (κ3) is 5.73. The summed E-state index contributed by atoms with van der Waals surface area (Å²) in [5.41, 5.74) is 0.387. The molecule has 1 fully saturated rings. The molecule has 0 aliphatic carbocycles. The van der Waals surface area contributed by atoms with Gasteiger partial charge in [-0.3, -0.25) is 4.90 Å². The van der Waals surface area contributed by atoms with Crippen LogP contribution in [0, 0.1) is 0 Å².